The van der Waals surface area contributed by atoms with E-state index in [1.807, 2.05) is 6.20 Å². The Morgan fingerprint density at radius 2 is 1.42 bits per heavy atom. The van der Waals surface area contributed by atoms with E-state index in [9.17, 15) is 0 Å². The number of unbranched alkanes of at least 4 members (excludes halogenated alkanes) is 3. The zero-order chi connectivity index (χ0) is 14.0. The molecule has 1 nitrogen and oxygen atoms in total. The molecule has 0 saturated carbocycles. The summed E-state index contributed by atoms with van der Waals surface area (Å²) in [6.07, 6.45) is 12.5. The van der Waals surface area contributed by atoms with Crippen LogP contribution in [0.1, 0.15) is 59.3 Å². The van der Waals surface area contributed by atoms with Gasteiger partial charge < -0.3 is 0 Å². The fourth-order valence-corrected chi connectivity index (χ4v) is 24.4. The van der Waals surface area contributed by atoms with Crippen molar-refractivity contribution in [1.29, 1.82) is 0 Å². The Kier molecular flexibility index (Phi) is 8.92. The van der Waals surface area contributed by atoms with Crippen LogP contribution in [0.15, 0.2) is 24.5 Å². The zero-order valence-corrected chi connectivity index (χ0v) is 17.0. The molecule has 0 spiro atoms. The molecule has 0 fully saturated rings. The molecule has 0 aliphatic carbocycles. The van der Waals surface area contributed by atoms with Crippen molar-refractivity contribution >= 4 is 24.3 Å². The second-order valence-electron chi connectivity index (χ2n) is 5.83. The molecular weight excluding hydrogens is 425 g/mol. The van der Waals surface area contributed by atoms with Gasteiger partial charge in [-0.1, -0.05) is 0 Å². The fourth-order valence-electron chi connectivity index (χ4n) is 3.03. The van der Waals surface area contributed by atoms with Crippen LogP contribution in [0.3, 0.4) is 0 Å². The average Bonchev–Trinajstić information content (AvgIpc) is 2.48. The first-order valence-electron chi connectivity index (χ1n) is 8.19. The summed E-state index contributed by atoms with van der Waals surface area (Å²) >= 11 is -2.31. The maximum atomic E-state index is 4.43. The van der Waals surface area contributed by atoms with Gasteiger partial charge in [0.25, 0.3) is 0 Å². The summed E-state index contributed by atoms with van der Waals surface area (Å²) in [6.45, 7) is 7.00. The molecule has 0 N–H and O–H groups in total. The molecule has 0 bridgehead atoms. The van der Waals surface area contributed by atoms with Crippen LogP contribution >= 0.6 is 0 Å². The molecule has 0 aliphatic rings. The summed E-state index contributed by atoms with van der Waals surface area (Å²) in [5, 5.41) is 0. The molecule has 0 atom stereocenters. The van der Waals surface area contributed by atoms with Crippen molar-refractivity contribution in [2.75, 3.05) is 0 Å². The average molecular weight is 457 g/mol. The van der Waals surface area contributed by atoms with Gasteiger partial charge in [0.2, 0.25) is 0 Å². The first-order valence-corrected chi connectivity index (χ1v) is 18.4. The van der Waals surface area contributed by atoms with Crippen molar-refractivity contribution in [2.45, 2.75) is 71.2 Å². The number of rotatable bonds is 10. The fraction of sp³-hybridized carbons (Fsp3) is 0.706. The van der Waals surface area contributed by atoms with Crippen LogP contribution in [0.2, 0.25) is 11.9 Å². The third-order valence-electron chi connectivity index (χ3n) is 4.30. The quantitative estimate of drug-likeness (QED) is 0.445. The molecule has 0 aromatic carbocycles. The van der Waals surface area contributed by atoms with Gasteiger partial charge in [-0.2, -0.15) is 0 Å². The Hall–Kier alpha value is 0.0721. The van der Waals surface area contributed by atoms with Crippen molar-refractivity contribution in [3.63, 3.8) is 0 Å². The molecule has 0 aliphatic heterocycles. The summed E-state index contributed by atoms with van der Waals surface area (Å²) in [7, 11) is 0. The van der Waals surface area contributed by atoms with Crippen LogP contribution < -0.4 is 3.12 Å². The SMILES string of the molecule is CCC[CH2][Pb]([CH2]CCC)([CH2]CCC)[c]1cccnc1. The molecule has 0 unspecified atom stereocenters. The third kappa shape index (κ3) is 5.52. The predicted molar refractivity (Wildman–Crippen MR) is 88.8 cm³/mol. The summed E-state index contributed by atoms with van der Waals surface area (Å²) in [6, 6.07) is 4.56. The van der Waals surface area contributed by atoms with Gasteiger partial charge in [0.15, 0.2) is 0 Å². The number of pyridine rings is 1. The number of aromatic nitrogens is 1. The van der Waals surface area contributed by atoms with E-state index in [-0.39, 0.29) is 0 Å². The summed E-state index contributed by atoms with van der Waals surface area (Å²) < 4.78 is 6.35. The molecule has 1 heterocycles. The Morgan fingerprint density at radius 1 is 0.895 bits per heavy atom. The van der Waals surface area contributed by atoms with Gasteiger partial charge in [-0.3, -0.25) is 0 Å². The Morgan fingerprint density at radius 3 is 1.79 bits per heavy atom. The first-order chi connectivity index (χ1) is 9.29. The van der Waals surface area contributed by atoms with Gasteiger partial charge in [0.1, 0.15) is 0 Å². The monoisotopic (exact) mass is 457 g/mol. The standard InChI is InChI=1S/C5H4N.3C4H9.Pb/c1-2-4-6-5-3-1;3*1-3-4-2;/h1-2,4-5H;3*1,3-4H2,2H3;. The minimum absolute atomic E-state index is 1.35. The van der Waals surface area contributed by atoms with E-state index < -0.39 is 21.2 Å². The van der Waals surface area contributed by atoms with E-state index >= 15 is 0 Å². The topological polar surface area (TPSA) is 12.9 Å². The molecule has 1 aromatic heterocycles. The van der Waals surface area contributed by atoms with Crippen LogP contribution in [-0.4, -0.2) is 26.2 Å². The molecule has 108 valence electrons. The van der Waals surface area contributed by atoms with Gasteiger partial charge in [0, 0.05) is 0 Å². The number of nitrogens with zero attached hydrogens (tertiary/aromatic N) is 1. The number of hydrogen-bond donors (Lipinski definition) is 0. The Labute approximate surface area is 124 Å². The van der Waals surface area contributed by atoms with Crippen molar-refractivity contribution in [1.82, 2.24) is 4.98 Å². The van der Waals surface area contributed by atoms with E-state index in [1.54, 1.807) is 15.1 Å². The van der Waals surface area contributed by atoms with Crippen molar-refractivity contribution in [3.8, 4) is 0 Å². The van der Waals surface area contributed by atoms with Crippen molar-refractivity contribution in [2.24, 2.45) is 0 Å². The van der Waals surface area contributed by atoms with E-state index in [1.165, 1.54) is 38.5 Å². The number of hydrogen-bond acceptors (Lipinski definition) is 1. The molecular formula is C17H31NPb. The van der Waals surface area contributed by atoms with Crippen LogP contribution in [0.25, 0.3) is 0 Å². The van der Waals surface area contributed by atoms with Crippen LogP contribution in [0.4, 0.5) is 0 Å². The van der Waals surface area contributed by atoms with Gasteiger partial charge in [-0.05, 0) is 0 Å². The molecule has 2 heteroatoms. The van der Waals surface area contributed by atoms with E-state index in [0.717, 1.165) is 0 Å². The first kappa shape index (κ1) is 17.1. The van der Waals surface area contributed by atoms with E-state index in [2.05, 4.69) is 44.1 Å². The van der Waals surface area contributed by atoms with E-state index in [4.69, 9.17) is 0 Å². The van der Waals surface area contributed by atoms with Gasteiger partial charge in [-0.25, -0.2) is 0 Å². The predicted octanol–water partition coefficient (Wildman–Crippen LogP) is 5.14. The Bertz CT molecular complexity index is 302. The van der Waals surface area contributed by atoms with Crippen LogP contribution in [0.5, 0.6) is 0 Å². The molecule has 0 radical (unpaired) electrons. The second-order valence-corrected chi connectivity index (χ2v) is 23.9. The van der Waals surface area contributed by atoms with Gasteiger partial charge in [0.05, 0.1) is 0 Å². The molecule has 0 saturated heterocycles. The van der Waals surface area contributed by atoms with Gasteiger partial charge in [-0.15, -0.1) is 0 Å². The third-order valence-corrected chi connectivity index (χ3v) is 25.5. The summed E-state index contributed by atoms with van der Waals surface area (Å²) in [5.41, 5.74) is 0. The van der Waals surface area contributed by atoms with Crippen LogP contribution in [0, 0.1) is 0 Å². The molecule has 19 heavy (non-hydrogen) atoms. The molecule has 0 amide bonds. The zero-order valence-electron chi connectivity index (χ0n) is 13.1. The molecule has 1 aromatic rings. The summed E-state index contributed by atoms with van der Waals surface area (Å²) in [5.74, 6) is 0. The second kappa shape index (κ2) is 9.89. The van der Waals surface area contributed by atoms with Crippen LogP contribution in [-0.2, 0) is 0 Å². The van der Waals surface area contributed by atoms with Crippen molar-refractivity contribution in [3.05, 3.63) is 24.5 Å². The van der Waals surface area contributed by atoms with Gasteiger partial charge >= 0.3 is 125 Å². The summed E-state index contributed by atoms with van der Waals surface area (Å²) in [4.78, 5) is 4.43. The maximum absolute atomic E-state index is 4.43. The Balaban J connectivity index is 2.94. The minimum atomic E-state index is -2.31. The van der Waals surface area contributed by atoms with E-state index in [0.29, 0.717) is 0 Å². The normalized spacial score (nSPS) is 11.7. The van der Waals surface area contributed by atoms with Crippen molar-refractivity contribution < 1.29 is 0 Å². The molecule has 1 rings (SSSR count).